The molecule has 4 heterocycles. The van der Waals surface area contributed by atoms with Gasteiger partial charge in [-0.15, -0.1) is 0 Å². The van der Waals surface area contributed by atoms with Gasteiger partial charge >= 0.3 is 0 Å². The van der Waals surface area contributed by atoms with Gasteiger partial charge in [0.15, 0.2) is 11.8 Å². The molecule has 4 N–H and O–H groups in total. The Morgan fingerprint density at radius 1 is 1.18 bits per heavy atom. The van der Waals surface area contributed by atoms with Crippen molar-refractivity contribution in [1.82, 2.24) is 34.9 Å². The zero-order valence-corrected chi connectivity index (χ0v) is 19.8. The number of H-pyrrole nitrogens is 1. The van der Waals surface area contributed by atoms with Crippen LogP contribution >= 0.6 is 0 Å². The van der Waals surface area contributed by atoms with Crippen LogP contribution in [-0.2, 0) is 12.0 Å². The lowest BCUT2D eigenvalue weighted by atomic mass is 9.73. The number of nitrogens with one attached hydrogen (secondary N) is 1. The third kappa shape index (κ3) is 4.46. The van der Waals surface area contributed by atoms with Crippen LogP contribution in [0, 0.1) is 5.92 Å². The molecular weight excluding hydrogens is 436 g/mol. The number of pyridine rings is 1. The van der Waals surface area contributed by atoms with Crippen molar-refractivity contribution in [1.29, 1.82) is 0 Å². The molecule has 4 aromatic rings. The Hall–Kier alpha value is -3.86. The lowest BCUT2D eigenvalue weighted by molar-refractivity contribution is 0.0577. The summed E-state index contributed by atoms with van der Waals surface area (Å²) >= 11 is 0. The van der Waals surface area contributed by atoms with Crippen molar-refractivity contribution in [2.45, 2.75) is 52.2 Å². The van der Waals surface area contributed by atoms with Gasteiger partial charge in [-0.25, -0.2) is 4.98 Å². The summed E-state index contributed by atoms with van der Waals surface area (Å²) in [4.78, 5) is 27.8. The average Bonchev–Trinajstić information content (AvgIpc) is 3.42. The van der Waals surface area contributed by atoms with E-state index in [1.54, 1.807) is 43.2 Å². The molecule has 34 heavy (non-hydrogen) atoms. The van der Waals surface area contributed by atoms with Gasteiger partial charge in [-0.1, -0.05) is 25.1 Å². The highest BCUT2D eigenvalue weighted by atomic mass is 16.5. The summed E-state index contributed by atoms with van der Waals surface area (Å²) in [5, 5.41) is 18.6. The molecule has 0 saturated heterocycles. The highest BCUT2D eigenvalue weighted by Gasteiger charge is 2.38. The van der Waals surface area contributed by atoms with Gasteiger partial charge in [0.2, 0.25) is 0 Å². The van der Waals surface area contributed by atoms with Crippen molar-refractivity contribution < 1.29 is 9.63 Å². The second kappa shape index (κ2) is 8.49. The normalized spacial score (nSPS) is 13.9. The molecule has 0 spiro atoms. The van der Waals surface area contributed by atoms with Gasteiger partial charge in [-0.3, -0.25) is 19.4 Å². The highest BCUT2D eigenvalue weighted by molar-refractivity contribution is 5.58. The molecule has 1 unspecified atom stereocenters. The molecule has 0 aliphatic heterocycles. The quantitative estimate of drug-likeness (QED) is 0.373. The van der Waals surface area contributed by atoms with E-state index in [2.05, 4.69) is 44.0 Å². The fourth-order valence-electron chi connectivity index (χ4n) is 3.68. The number of rotatable bonds is 7. The largest absolute Gasteiger partial charge is 0.389 e. The topological polar surface area (TPSA) is 162 Å². The maximum Gasteiger partial charge on any atom is 0.261 e. The summed E-state index contributed by atoms with van der Waals surface area (Å²) in [6.07, 6.45) is 6.50. The molecule has 4 rings (SSSR count). The van der Waals surface area contributed by atoms with E-state index < -0.39 is 11.0 Å². The number of aliphatic hydroxyl groups is 1. The van der Waals surface area contributed by atoms with Gasteiger partial charge in [-0.05, 0) is 38.3 Å². The Kier molecular flexibility index (Phi) is 5.82. The van der Waals surface area contributed by atoms with E-state index in [9.17, 15) is 9.90 Å². The summed E-state index contributed by atoms with van der Waals surface area (Å²) in [6.45, 7) is 9.93. The van der Waals surface area contributed by atoms with Crippen LogP contribution in [0.2, 0.25) is 0 Å². The van der Waals surface area contributed by atoms with Gasteiger partial charge in [0.25, 0.3) is 11.4 Å². The number of hydrogen-bond acceptors (Lipinski definition) is 9. The second-order valence-corrected chi connectivity index (χ2v) is 9.46. The molecule has 0 bridgehead atoms. The molecule has 0 aliphatic carbocycles. The van der Waals surface area contributed by atoms with E-state index in [1.807, 2.05) is 13.0 Å². The lowest BCUT2D eigenvalue weighted by Crippen LogP contribution is -2.31. The predicted octanol–water partition coefficient (Wildman–Crippen LogP) is 2.39. The first-order valence-electron chi connectivity index (χ1n) is 10.9. The van der Waals surface area contributed by atoms with E-state index >= 15 is 0 Å². The van der Waals surface area contributed by atoms with Gasteiger partial charge in [-0.2, -0.15) is 10.1 Å². The molecule has 0 amide bonds. The minimum atomic E-state index is -0.897. The molecule has 4 aromatic heterocycles. The van der Waals surface area contributed by atoms with Crippen molar-refractivity contribution >= 4 is 5.95 Å². The summed E-state index contributed by atoms with van der Waals surface area (Å²) in [7, 11) is 0. The minimum absolute atomic E-state index is 0.0521. The van der Waals surface area contributed by atoms with E-state index in [4.69, 9.17) is 10.3 Å². The Labute approximate surface area is 196 Å². The minimum Gasteiger partial charge on any atom is -0.389 e. The molecule has 0 aromatic carbocycles. The van der Waals surface area contributed by atoms with Gasteiger partial charge in [0, 0.05) is 18.6 Å². The first-order chi connectivity index (χ1) is 16.0. The first kappa shape index (κ1) is 23.3. The summed E-state index contributed by atoms with van der Waals surface area (Å²) in [5.41, 5.74) is 6.02. The van der Waals surface area contributed by atoms with Crippen molar-refractivity contribution in [3.8, 4) is 22.7 Å². The van der Waals surface area contributed by atoms with Crippen molar-refractivity contribution in [2.75, 3.05) is 5.73 Å². The van der Waals surface area contributed by atoms with Gasteiger partial charge in [0.1, 0.15) is 0 Å². The summed E-state index contributed by atoms with van der Waals surface area (Å²) < 4.78 is 7.21. The van der Waals surface area contributed by atoms with Crippen molar-refractivity contribution in [3.63, 3.8) is 0 Å². The number of hydrogen-bond donors (Lipinski definition) is 3. The van der Waals surface area contributed by atoms with E-state index in [1.165, 1.54) is 6.20 Å². The number of nitrogens with zero attached hydrogens (tertiary/aromatic N) is 6. The summed E-state index contributed by atoms with van der Waals surface area (Å²) in [6, 6.07) is 3.66. The Bertz CT molecular complexity index is 1350. The zero-order chi connectivity index (χ0) is 24.7. The predicted molar refractivity (Wildman–Crippen MR) is 126 cm³/mol. The van der Waals surface area contributed by atoms with Crippen LogP contribution in [0.3, 0.4) is 0 Å². The fraction of sp³-hybridized carbons (Fsp3) is 0.391. The van der Waals surface area contributed by atoms with Crippen LogP contribution in [0.25, 0.3) is 22.7 Å². The number of nitrogens with two attached hydrogens (primary N) is 1. The van der Waals surface area contributed by atoms with Crippen LogP contribution in [-0.4, -0.2) is 45.6 Å². The fourth-order valence-corrected chi connectivity index (χ4v) is 3.68. The smallest absolute Gasteiger partial charge is 0.261 e. The molecule has 11 heteroatoms. The Balaban J connectivity index is 1.66. The van der Waals surface area contributed by atoms with Crippen LogP contribution in [0.1, 0.15) is 46.0 Å². The monoisotopic (exact) mass is 464 g/mol. The SMILES string of the molecule is CC(C)C(C)(c1ccc(-c2cnc(N)[nH]c2=O)nc1)c1noc(-c2cnn(CC(C)(C)O)c2)n1. The third-order valence-corrected chi connectivity index (χ3v) is 5.93. The summed E-state index contributed by atoms with van der Waals surface area (Å²) in [5.74, 6) is 1.00. The third-order valence-electron chi connectivity index (χ3n) is 5.93. The maximum atomic E-state index is 12.2. The van der Waals surface area contributed by atoms with E-state index in [-0.39, 0.29) is 17.4 Å². The number of nitrogen functional groups attached to an aromatic ring is 1. The first-order valence-corrected chi connectivity index (χ1v) is 10.9. The number of aromatic nitrogens is 7. The molecule has 11 nitrogen and oxygen atoms in total. The number of anilines is 1. The molecule has 1 atom stereocenters. The van der Waals surface area contributed by atoms with Gasteiger partial charge in [0.05, 0.1) is 40.6 Å². The highest BCUT2D eigenvalue weighted by Crippen LogP contribution is 2.38. The van der Waals surface area contributed by atoms with E-state index in [0.717, 1.165) is 5.56 Å². The van der Waals surface area contributed by atoms with Crippen LogP contribution in [0.4, 0.5) is 5.95 Å². The van der Waals surface area contributed by atoms with Crippen LogP contribution in [0.15, 0.2) is 46.2 Å². The molecule has 178 valence electrons. The Morgan fingerprint density at radius 3 is 2.56 bits per heavy atom. The molecule has 0 saturated carbocycles. The van der Waals surface area contributed by atoms with Crippen molar-refractivity contribution in [2.24, 2.45) is 5.92 Å². The lowest BCUT2D eigenvalue weighted by Gasteiger charge is -2.30. The van der Waals surface area contributed by atoms with Crippen molar-refractivity contribution in [3.05, 3.63) is 58.7 Å². The maximum absolute atomic E-state index is 12.2. The van der Waals surface area contributed by atoms with Gasteiger partial charge < -0.3 is 15.4 Å². The molecule has 0 aliphatic rings. The molecule has 0 radical (unpaired) electrons. The standard InChI is InChI=1S/C23H28N8O3/c1-13(2)23(5,15-6-7-17(25-9-15)16-10-26-21(24)28-18(16)32)20-29-19(34-30-20)14-8-27-31(11-14)12-22(3,4)33/h6-11,13,33H,12H2,1-5H3,(H3,24,26,28,32). The number of aromatic amines is 1. The second-order valence-electron chi connectivity index (χ2n) is 9.46. The van der Waals surface area contributed by atoms with Crippen LogP contribution < -0.4 is 11.3 Å². The van der Waals surface area contributed by atoms with Crippen LogP contribution in [0.5, 0.6) is 0 Å². The Morgan fingerprint density at radius 2 is 1.94 bits per heavy atom. The zero-order valence-electron chi connectivity index (χ0n) is 19.8. The molecule has 0 fully saturated rings. The molecular formula is C23H28N8O3. The van der Waals surface area contributed by atoms with E-state index in [0.29, 0.717) is 35.1 Å². The average molecular weight is 465 g/mol.